The number of fused-ring (bicyclic) bond motifs is 1. The van der Waals surface area contributed by atoms with Gasteiger partial charge >= 0.3 is 5.97 Å². The average Bonchev–Trinajstić information content (AvgIpc) is 2.46. The van der Waals surface area contributed by atoms with E-state index < -0.39 is 5.97 Å². The average molecular weight is 261 g/mol. The zero-order chi connectivity index (χ0) is 13.2. The Morgan fingerprint density at radius 1 is 1.26 bits per heavy atom. The second kappa shape index (κ2) is 5.15. The summed E-state index contributed by atoms with van der Waals surface area (Å²) >= 11 is 0. The Bertz CT molecular complexity index is 476. The summed E-state index contributed by atoms with van der Waals surface area (Å²) in [5.41, 5.74) is 0.279. The Balaban J connectivity index is 1.94. The van der Waals surface area contributed by atoms with E-state index in [9.17, 15) is 9.90 Å². The van der Waals surface area contributed by atoms with Crippen molar-refractivity contribution >= 4 is 11.8 Å². The van der Waals surface area contributed by atoms with Crippen molar-refractivity contribution in [1.29, 1.82) is 0 Å². The van der Waals surface area contributed by atoms with Crippen LogP contribution in [0.5, 0.6) is 0 Å². The number of carboxylic acid groups (broad SMARTS) is 1. The highest BCUT2D eigenvalue weighted by Crippen LogP contribution is 2.37. The van der Waals surface area contributed by atoms with Gasteiger partial charge in [0, 0.05) is 12.6 Å². The smallest absolute Gasteiger partial charge is 0.339 e. The monoisotopic (exact) mass is 261 g/mol. The van der Waals surface area contributed by atoms with Crippen molar-refractivity contribution in [2.75, 3.05) is 11.4 Å². The lowest BCUT2D eigenvalue weighted by Gasteiger charge is -2.44. The van der Waals surface area contributed by atoms with Crippen LogP contribution in [0.1, 0.15) is 48.9 Å². The van der Waals surface area contributed by atoms with E-state index in [1.165, 1.54) is 31.9 Å². The molecule has 0 bridgehead atoms. The summed E-state index contributed by atoms with van der Waals surface area (Å²) in [5, 5.41) is 17.3. The summed E-state index contributed by atoms with van der Waals surface area (Å²) in [7, 11) is 0. The quantitative estimate of drug-likeness (QED) is 0.885. The molecule has 0 amide bonds. The largest absolute Gasteiger partial charge is 0.478 e. The summed E-state index contributed by atoms with van der Waals surface area (Å²) in [4.78, 5) is 13.5. The minimum absolute atomic E-state index is 0.279. The number of piperidine rings is 1. The lowest BCUT2D eigenvalue weighted by atomic mass is 9.78. The number of aromatic nitrogens is 2. The fraction of sp³-hybridized carbons (Fsp3) is 0.643. The Kier molecular flexibility index (Phi) is 3.36. The van der Waals surface area contributed by atoms with Gasteiger partial charge in [0.25, 0.3) is 0 Å². The topological polar surface area (TPSA) is 66.3 Å². The van der Waals surface area contributed by atoms with Crippen LogP contribution in [0.3, 0.4) is 0 Å². The molecule has 1 saturated carbocycles. The van der Waals surface area contributed by atoms with E-state index >= 15 is 0 Å². The fourth-order valence-electron chi connectivity index (χ4n) is 3.59. The number of nitrogens with zero attached hydrogens (tertiary/aromatic N) is 3. The lowest BCUT2D eigenvalue weighted by molar-refractivity contribution is 0.0696. The minimum atomic E-state index is -0.914. The van der Waals surface area contributed by atoms with Crippen LogP contribution in [-0.2, 0) is 0 Å². The van der Waals surface area contributed by atoms with Gasteiger partial charge in [-0.2, -0.15) is 5.10 Å². The van der Waals surface area contributed by atoms with Crippen LogP contribution >= 0.6 is 0 Å². The minimum Gasteiger partial charge on any atom is -0.478 e. The van der Waals surface area contributed by atoms with Crippen LogP contribution in [-0.4, -0.2) is 33.9 Å². The molecule has 1 aromatic rings. The van der Waals surface area contributed by atoms with Crippen LogP contribution in [0.15, 0.2) is 12.3 Å². The zero-order valence-corrected chi connectivity index (χ0v) is 11.0. The van der Waals surface area contributed by atoms with Gasteiger partial charge in [-0.05, 0) is 37.7 Å². The number of aromatic carboxylic acids is 1. The molecule has 1 saturated heterocycles. The first-order chi connectivity index (χ1) is 9.27. The third kappa shape index (κ3) is 2.29. The van der Waals surface area contributed by atoms with Gasteiger partial charge in [-0.15, -0.1) is 5.10 Å². The van der Waals surface area contributed by atoms with E-state index in [4.69, 9.17) is 0 Å². The normalized spacial score (nSPS) is 26.8. The van der Waals surface area contributed by atoms with Gasteiger partial charge in [-0.1, -0.05) is 12.8 Å². The van der Waals surface area contributed by atoms with Gasteiger partial charge < -0.3 is 10.0 Å². The van der Waals surface area contributed by atoms with E-state index in [1.54, 1.807) is 6.07 Å². The molecule has 1 aliphatic heterocycles. The highest BCUT2D eigenvalue weighted by atomic mass is 16.4. The molecule has 102 valence electrons. The molecule has 0 spiro atoms. The molecule has 0 radical (unpaired) electrons. The highest BCUT2D eigenvalue weighted by Gasteiger charge is 2.35. The summed E-state index contributed by atoms with van der Waals surface area (Å²) in [5.74, 6) is 0.348. The van der Waals surface area contributed by atoms with Crippen molar-refractivity contribution in [3.05, 3.63) is 17.8 Å². The molecule has 0 unspecified atom stereocenters. The molecule has 1 N–H and O–H groups in total. The van der Waals surface area contributed by atoms with Gasteiger partial charge in [-0.3, -0.25) is 0 Å². The van der Waals surface area contributed by atoms with Crippen molar-refractivity contribution in [2.24, 2.45) is 5.92 Å². The molecule has 2 aliphatic rings. The van der Waals surface area contributed by atoms with E-state index in [1.807, 2.05) is 0 Å². The Morgan fingerprint density at radius 3 is 2.89 bits per heavy atom. The SMILES string of the molecule is O=C(O)c1ccnnc1N1CCC[C@H]2CCCC[C@H]21. The molecule has 2 fully saturated rings. The number of hydrogen-bond donors (Lipinski definition) is 1. The molecular formula is C14H19N3O2. The molecule has 2 atom stereocenters. The third-order valence-electron chi connectivity index (χ3n) is 4.45. The van der Waals surface area contributed by atoms with Gasteiger partial charge in [0.15, 0.2) is 5.82 Å². The maximum Gasteiger partial charge on any atom is 0.339 e. The first-order valence-electron chi connectivity index (χ1n) is 7.09. The van der Waals surface area contributed by atoms with E-state index in [2.05, 4.69) is 15.1 Å². The molecule has 19 heavy (non-hydrogen) atoms. The predicted octanol–water partition coefficient (Wildman–Crippen LogP) is 2.33. The molecule has 1 aromatic heterocycles. The van der Waals surface area contributed by atoms with Crippen LogP contribution in [0.25, 0.3) is 0 Å². The van der Waals surface area contributed by atoms with Gasteiger partial charge in [-0.25, -0.2) is 4.79 Å². The molecule has 5 nitrogen and oxygen atoms in total. The van der Waals surface area contributed by atoms with Crippen LogP contribution < -0.4 is 4.90 Å². The first-order valence-corrected chi connectivity index (χ1v) is 7.09. The van der Waals surface area contributed by atoms with Crippen molar-refractivity contribution in [3.8, 4) is 0 Å². The summed E-state index contributed by atoms with van der Waals surface area (Å²) in [6.45, 7) is 0.903. The highest BCUT2D eigenvalue weighted by molar-refractivity contribution is 5.93. The third-order valence-corrected chi connectivity index (χ3v) is 4.45. The number of rotatable bonds is 2. The predicted molar refractivity (Wildman–Crippen MR) is 71.3 cm³/mol. The maximum absolute atomic E-state index is 11.3. The zero-order valence-electron chi connectivity index (χ0n) is 11.0. The Hall–Kier alpha value is -1.65. The molecule has 0 aromatic carbocycles. The Labute approximate surface area is 112 Å². The molecule has 5 heteroatoms. The number of carboxylic acids is 1. The Morgan fingerprint density at radius 2 is 2.05 bits per heavy atom. The standard InChI is InChI=1S/C14H19N3O2/c18-14(19)11-7-8-15-16-13(11)17-9-3-5-10-4-1-2-6-12(10)17/h7-8,10,12H,1-6,9H2,(H,18,19)/t10-,12-/m1/s1. The maximum atomic E-state index is 11.3. The summed E-state index contributed by atoms with van der Waals surface area (Å²) in [6, 6.07) is 2.01. The first kappa shape index (κ1) is 12.4. The van der Waals surface area contributed by atoms with Gasteiger partial charge in [0.2, 0.25) is 0 Å². The fourth-order valence-corrected chi connectivity index (χ4v) is 3.59. The second-order valence-corrected chi connectivity index (χ2v) is 5.52. The van der Waals surface area contributed by atoms with E-state index in [0.717, 1.165) is 19.4 Å². The second-order valence-electron chi connectivity index (χ2n) is 5.52. The van der Waals surface area contributed by atoms with Crippen molar-refractivity contribution in [2.45, 2.75) is 44.6 Å². The lowest BCUT2D eigenvalue weighted by Crippen LogP contribution is -2.47. The summed E-state index contributed by atoms with van der Waals surface area (Å²) < 4.78 is 0. The number of anilines is 1. The van der Waals surface area contributed by atoms with Crippen molar-refractivity contribution < 1.29 is 9.90 Å². The molecule has 3 rings (SSSR count). The van der Waals surface area contributed by atoms with Crippen LogP contribution in [0, 0.1) is 5.92 Å². The van der Waals surface area contributed by atoms with Crippen molar-refractivity contribution in [1.82, 2.24) is 10.2 Å². The van der Waals surface area contributed by atoms with Gasteiger partial charge in [0.05, 0.1) is 6.20 Å². The van der Waals surface area contributed by atoms with Crippen LogP contribution in [0.2, 0.25) is 0 Å². The van der Waals surface area contributed by atoms with Gasteiger partial charge in [0.1, 0.15) is 5.56 Å². The van der Waals surface area contributed by atoms with Crippen LogP contribution in [0.4, 0.5) is 5.82 Å². The molecule has 2 heterocycles. The number of hydrogen-bond acceptors (Lipinski definition) is 4. The summed E-state index contributed by atoms with van der Waals surface area (Å²) in [6.07, 6.45) is 8.81. The molecular weight excluding hydrogens is 242 g/mol. The van der Waals surface area contributed by atoms with Crippen molar-refractivity contribution in [3.63, 3.8) is 0 Å². The van der Waals surface area contributed by atoms with E-state index in [-0.39, 0.29) is 5.56 Å². The molecule has 1 aliphatic carbocycles. The van der Waals surface area contributed by atoms with E-state index in [0.29, 0.717) is 17.8 Å². The number of carbonyl (C=O) groups is 1.